The van der Waals surface area contributed by atoms with Crippen molar-refractivity contribution >= 4 is 39.3 Å². The lowest BCUT2D eigenvalue weighted by atomic mass is 10.1. The standard InChI is InChI=1S/C17H15BrClFN2O2/c18-11-1-3-14(15(20)9-11)17(23)24-13-5-7-22(8-6-13)16-4-2-12(19)10-21-16/h1-4,9-10,13H,5-8H2. The molecule has 2 heterocycles. The summed E-state index contributed by atoms with van der Waals surface area (Å²) < 4.78 is 19.8. The van der Waals surface area contributed by atoms with Gasteiger partial charge in [-0.25, -0.2) is 14.2 Å². The highest BCUT2D eigenvalue weighted by atomic mass is 79.9. The van der Waals surface area contributed by atoms with E-state index in [1.165, 1.54) is 12.1 Å². The number of piperidine rings is 1. The Labute approximate surface area is 152 Å². The molecule has 1 saturated heterocycles. The molecule has 126 valence electrons. The fraction of sp³-hybridized carbons (Fsp3) is 0.294. The first-order chi connectivity index (χ1) is 11.5. The fourth-order valence-electron chi connectivity index (χ4n) is 2.63. The summed E-state index contributed by atoms with van der Waals surface area (Å²) >= 11 is 9.00. The van der Waals surface area contributed by atoms with Crippen LogP contribution in [0.15, 0.2) is 41.0 Å². The molecule has 0 N–H and O–H groups in total. The van der Waals surface area contributed by atoms with Crippen molar-refractivity contribution in [1.82, 2.24) is 4.98 Å². The van der Waals surface area contributed by atoms with E-state index < -0.39 is 11.8 Å². The first kappa shape index (κ1) is 17.2. The average Bonchev–Trinajstić information content (AvgIpc) is 2.56. The molecule has 0 amide bonds. The summed E-state index contributed by atoms with van der Waals surface area (Å²) in [5, 5.41) is 0.596. The highest BCUT2D eigenvalue weighted by molar-refractivity contribution is 9.10. The van der Waals surface area contributed by atoms with E-state index in [2.05, 4.69) is 25.8 Å². The van der Waals surface area contributed by atoms with Crippen LogP contribution < -0.4 is 4.90 Å². The largest absolute Gasteiger partial charge is 0.459 e. The Morgan fingerprint density at radius 3 is 2.67 bits per heavy atom. The number of nitrogens with zero attached hydrogens (tertiary/aromatic N) is 2. The van der Waals surface area contributed by atoms with Gasteiger partial charge in [-0.05, 0) is 30.3 Å². The molecule has 1 fully saturated rings. The molecule has 1 aliphatic rings. The predicted octanol–water partition coefficient (Wildman–Crippen LogP) is 4.46. The zero-order valence-corrected chi connectivity index (χ0v) is 15.1. The Morgan fingerprint density at radius 1 is 1.29 bits per heavy atom. The average molecular weight is 414 g/mol. The number of aromatic nitrogens is 1. The number of hydrogen-bond acceptors (Lipinski definition) is 4. The number of rotatable bonds is 3. The van der Waals surface area contributed by atoms with Gasteiger partial charge in [0.1, 0.15) is 17.7 Å². The van der Waals surface area contributed by atoms with Gasteiger partial charge in [0.05, 0.1) is 10.6 Å². The summed E-state index contributed by atoms with van der Waals surface area (Å²) in [6, 6.07) is 7.96. The van der Waals surface area contributed by atoms with Gasteiger partial charge in [-0.2, -0.15) is 0 Å². The van der Waals surface area contributed by atoms with Crippen LogP contribution in [-0.4, -0.2) is 30.1 Å². The number of carbonyl (C=O) groups excluding carboxylic acids is 1. The third-order valence-electron chi connectivity index (χ3n) is 3.90. The molecule has 1 aromatic carbocycles. The van der Waals surface area contributed by atoms with Crippen molar-refractivity contribution in [2.45, 2.75) is 18.9 Å². The lowest BCUT2D eigenvalue weighted by molar-refractivity contribution is 0.0239. The molecule has 0 saturated carbocycles. The summed E-state index contributed by atoms with van der Waals surface area (Å²) in [6.07, 6.45) is 2.74. The minimum Gasteiger partial charge on any atom is -0.459 e. The molecule has 4 nitrogen and oxygen atoms in total. The summed E-state index contributed by atoms with van der Waals surface area (Å²) in [5.41, 5.74) is -0.0417. The van der Waals surface area contributed by atoms with Crippen LogP contribution in [0.25, 0.3) is 0 Å². The normalized spacial score (nSPS) is 15.4. The number of ether oxygens (including phenoxy) is 1. The van der Waals surface area contributed by atoms with Gasteiger partial charge in [0.15, 0.2) is 0 Å². The Kier molecular flexibility index (Phi) is 5.36. The highest BCUT2D eigenvalue weighted by Crippen LogP contribution is 2.22. The maximum Gasteiger partial charge on any atom is 0.341 e. The van der Waals surface area contributed by atoms with E-state index in [0.29, 0.717) is 22.3 Å². The molecule has 0 unspecified atom stereocenters. The summed E-state index contributed by atoms with van der Waals surface area (Å²) in [5.74, 6) is -0.358. The summed E-state index contributed by atoms with van der Waals surface area (Å²) in [7, 11) is 0. The van der Waals surface area contributed by atoms with Gasteiger partial charge in [0.2, 0.25) is 0 Å². The molecule has 3 rings (SSSR count). The SMILES string of the molecule is O=C(OC1CCN(c2ccc(Cl)cn2)CC1)c1ccc(Br)cc1F. The van der Waals surface area contributed by atoms with Gasteiger partial charge in [-0.15, -0.1) is 0 Å². The van der Waals surface area contributed by atoms with Crippen LogP contribution in [0.4, 0.5) is 10.2 Å². The van der Waals surface area contributed by atoms with E-state index >= 15 is 0 Å². The molecule has 1 aliphatic heterocycles. The quantitative estimate of drug-likeness (QED) is 0.697. The van der Waals surface area contributed by atoms with Crippen molar-refractivity contribution in [3.63, 3.8) is 0 Å². The minimum absolute atomic E-state index is 0.0417. The van der Waals surface area contributed by atoms with E-state index in [-0.39, 0.29) is 11.7 Å². The molecule has 1 aromatic heterocycles. The second-order valence-electron chi connectivity index (χ2n) is 5.55. The Bertz CT molecular complexity index is 734. The van der Waals surface area contributed by atoms with Crippen LogP contribution in [0.5, 0.6) is 0 Å². The first-order valence-corrected chi connectivity index (χ1v) is 8.72. The molecule has 0 radical (unpaired) electrons. The van der Waals surface area contributed by atoms with Crippen LogP contribution in [0.2, 0.25) is 5.02 Å². The summed E-state index contributed by atoms with van der Waals surface area (Å²) in [6.45, 7) is 1.44. The zero-order chi connectivity index (χ0) is 17.1. The van der Waals surface area contributed by atoms with Crippen LogP contribution in [0.1, 0.15) is 23.2 Å². The van der Waals surface area contributed by atoms with Crippen molar-refractivity contribution in [3.05, 3.63) is 57.4 Å². The Morgan fingerprint density at radius 2 is 2.04 bits per heavy atom. The molecular formula is C17H15BrClFN2O2. The summed E-state index contributed by atoms with van der Waals surface area (Å²) in [4.78, 5) is 18.5. The number of halogens is 3. The van der Waals surface area contributed by atoms with Gasteiger partial charge < -0.3 is 9.64 Å². The number of esters is 1. The topological polar surface area (TPSA) is 42.4 Å². The number of hydrogen-bond donors (Lipinski definition) is 0. The van der Waals surface area contributed by atoms with Crippen LogP contribution in [0.3, 0.4) is 0 Å². The molecule has 0 bridgehead atoms. The number of benzene rings is 1. The highest BCUT2D eigenvalue weighted by Gasteiger charge is 2.24. The van der Waals surface area contributed by atoms with E-state index in [1.807, 2.05) is 6.07 Å². The van der Waals surface area contributed by atoms with E-state index in [0.717, 1.165) is 18.9 Å². The second kappa shape index (κ2) is 7.49. The smallest absolute Gasteiger partial charge is 0.341 e. The predicted molar refractivity (Wildman–Crippen MR) is 94.0 cm³/mol. The first-order valence-electron chi connectivity index (χ1n) is 7.55. The lowest BCUT2D eigenvalue weighted by Gasteiger charge is -2.32. The van der Waals surface area contributed by atoms with Crippen molar-refractivity contribution < 1.29 is 13.9 Å². The van der Waals surface area contributed by atoms with Crippen LogP contribution in [0, 0.1) is 5.82 Å². The number of pyridine rings is 1. The van der Waals surface area contributed by atoms with Gasteiger partial charge in [0.25, 0.3) is 0 Å². The van der Waals surface area contributed by atoms with Gasteiger partial charge in [0, 0.05) is 36.6 Å². The monoisotopic (exact) mass is 412 g/mol. The van der Waals surface area contributed by atoms with E-state index in [4.69, 9.17) is 16.3 Å². The third kappa shape index (κ3) is 4.05. The molecule has 0 spiro atoms. The molecule has 2 aromatic rings. The molecule has 0 atom stereocenters. The second-order valence-corrected chi connectivity index (χ2v) is 6.90. The molecular weight excluding hydrogens is 399 g/mol. The maximum atomic E-state index is 13.8. The van der Waals surface area contributed by atoms with Crippen LogP contribution >= 0.6 is 27.5 Å². The van der Waals surface area contributed by atoms with Crippen molar-refractivity contribution in [3.8, 4) is 0 Å². The van der Waals surface area contributed by atoms with Gasteiger partial charge in [-0.1, -0.05) is 27.5 Å². The number of carbonyl (C=O) groups is 1. The van der Waals surface area contributed by atoms with E-state index in [9.17, 15) is 9.18 Å². The van der Waals surface area contributed by atoms with Gasteiger partial charge >= 0.3 is 5.97 Å². The maximum absolute atomic E-state index is 13.8. The molecule has 0 aliphatic carbocycles. The number of anilines is 1. The third-order valence-corrected chi connectivity index (χ3v) is 4.62. The minimum atomic E-state index is -0.622. The van der Waals surface area contributed by atoms with Crippen molar-refractivity contribution in [2.24, 2.45) is 0 Å². The Balaban J connectivity index is 1.57. The Hall–Kier alpha value is -1.66. The lowest BCUT2D eigenvalue weighted by Crippen LogP contribution is -2.38. The van der Waals surface area contributed by atoms with E-state index in [1.54, 1.807) is 18.3 Å². The van der Waals surface area contributed by atoms with Crippen molar-refractivity contribution in [2.75, 3.05) is 18.0 Å². The fourth-order valence-corrected chi connectivity index (χ4v) is 3.07. The zero-order valence-electron chi connectivity index (χ0n) is 12.7. The van der Waals surface area contributed by atoms with Crippen molar-refractivity contribution in [1.29, 1.82) is 0 Å². The van der Waals surface area contributed by atoms with Gasteiger partial charge in [-0.3, -0.25) is 0 Å². The van der Waals surface area contributed by atoms with Crippen LogP contribution in [-0.2, 0) is 4.74 Å². The molecule has 24 heavy (non-hydrogen) atoms. The molecule has 7 heteroatoms.